The van der Waals surface area contributed by atoms with Gasteiger partial charge in [0.1, 0.15) is 18.3 Å². The number of halogens is 2. The van der Waals surface area contributed by atoms with Gasteiger partial charge in [-0.05, 0) is 72.9 Å². The Bertz CT molecular complexity index is 1840. The molecular weight excluding hydrogens is 663 g/mol. The van der Waals surface area contributed by atoms with Crippen LogP contribution < -0.4 is 20.1 Å². The van der Waals surface area contributed by atoms with E-state index in [1.54, 1.807) is 54.6 Å². The number of hydrogen-bond donors (Lipinski definition) is 3. The zero-order valence-corrected chi connectivity index (χ0v) is 29.4. The number of aryl methyl sites for hydroxylation is 2. The van der Waals surface area contributed by atoms with E-state index >= 15 is 0 Å². The van der Waals surface area contributed by atoms with Gasteiger partial charge in [-0.15, -0.1) is 0 Å². The van der Waals surface area contributed by atoms with Crippen molar-refractivity contribution in [1.82, 2.24) is 0 Å². The predicted octanol–water partition coefficient (Wildman–Crippen LogP) is 8.02. The quantitative estimate of drug-likeness (QED) is 0.136. The Morgan fingerprint density at radius 3 is 1.98 bits per heavy atom. The van der Waals surface area contributed by atoms with Crippen molar-refractivity contribution in [2.24, 2.45) is 11.8 Å². The molecule has 3 N–H and O–H groups in total. The first-order valence-corrected chi connectivity index (χ1v) is 17.0. The summed E-state index contributed by atoms with van der Waals surface area (Å²) < 4.78 is 11.8. The molecule has 4 unspecified atom stereocenters. The molecule has 0 saturated heterocycles. The summed E-state index contributed by atoms with van der Waals surface area (Å²) in [7, 11) is 1.47. The Hall–Kier alpha value is -4.37. The van der Waals surface area contributed by atoms with Gasteiger partial charge in [0.25, 0.3) is 0 Å². The van der Waals surface area contributed by atoms with E-state index in [1.165, 1.54) is 14.0 Å². The third-order valence-electron chi connectivity index (χ3n) is 9.15. The van der Waals surface area contributed by atoms with Crippen LogP contribution in [-0.4, -0.2) is 35.4 Å². The number of benzene rings is 4. The van der Waals surface area contributed by atoms with Crippen LogP contribution in [-0.2, 0) is 33.8 Å². The predicted molar refractivity (Wildman–Crippen MR) is 193 cm³/mol. The zero-order chi connectivity index (χ0) is 35.3. The molecule has 0 spiro atoms. The topological polar surface area (TPSA) is 114 Å². The number of amides is 2. The lowest BCUT2D eigenvalue weighted by molar-refractivity contribution is -0.150. The number of hydrogen-bond acceptors (Lipinski definition) is 6. The fourth-order valence-electron chi connectivity index (χ4n) is 6.64. The van der Waals surface area contributed by atoms with Gasteiger partial charge in [-0.25, -0.2) is 0 Å². The number of aliphatic hydroxyl groups is 1. The van der Waals surface area contributed by atoms with Crippen LogP contribution in [0.3, 0.4) is 0 Å². The van der Waals surface area contributed by atoms with E-state index in [0.717, 1.165) is 11.1 Å². The average Bonchev–Trinajstić information content (AvgIpc) is 3.07. The summed E-state index contributed by atoms with van der Waals surface area (Å²) in [6.45, 7) is 5.47. The highest BCUT2D eigenvalue weighted by molar-refractivity contribution is 6.36. The van der Waals surface area contributed by atoms with Crippen molar-refractivity contribution in [3.8, 4) is 11.5 Å². The summed E-state index contributed by atoms with van der Waals surface area (Å²) in [5, 5.41) is 18.7. The second-order valence-electron chi connectivity index (χ2n) is 12.4. The number of para-hydroxylation sites is 2. The molecule has 4 atom stereocenters. The molecule has 10 heteroatoms. The van der Waals surface area contributed by atoms with E-state index in [-0.39, 0.29) is 13.0 Å². The molecule has 1 aliphatic rings. The minimum atomic E-state index is -1.78. The largest absolute Gasteiger partial charge is 0.493 e. The maximum Gasteiger partial charge on any atom is 0.235 e. The lowest BCUT2D eigenvalue weighted by Gasteiger charge is -2.44. The molecular formula is C39H40Cl2N2O6. The molecule has 5 rings (SSSR count). The second kappa shape index (κ2) is 15.5. The van der Waals surface area contributed by atoms with Crippen molar-refractivity contribution in [3.05, 3.63) is 117 Å². The van der Waals surface area contributed by atoms with E-state index in [0.29, 0.717) is 56.9 Å². The lowest BCUT2D eigenvalue weighted by Crippen LogP contribution is -2.56. The van der Waals surface area contributed by atoms with Crippen molar-refractivity contribution in [1.29, 1.82) is 0 Å². The van der Waals surface area contributed by atoms with Crippen LogP contribution in [0.5, 0.6) is 11.5 Å². The molecule has 0 bridgehead atoms. The van der Waals surface area contributed by atoms with Crippen molar-refractivity contribution >= 4 is 52.2 Å². The summed E-state index contributed by atoms with van der Waals surface area (Å²) in [4.78, 5) is 42.4. The van der Waals surface area contributed by atoms with Crippen LogP contribution >= 0.6 is 23.2 Å². The molecule has 1 aliphatic carbocycles. The third-order valence-corrected chi connectivity index (χ3v) is 9.86. The number of ketones is 1. The van der Waals surface area contributed by atoms with Crippen LogP contribution in [0, 0.1) is 11.8 Å². The third kappa shape index (κ3) is 7.77. The molecule has 49 heavy (non-hydrogen) atoms. The van der Waals surface area contributed by atoms with Crippen LogP contribution in [0.15, 0.2) is 84.9 Å². The number of Topliss-reactive ketones (excluding diaryl/α,β-unsaturated/α-hetero) is 1. The molecule has 2 amide bonds. The van der Waals surface area contributed by atoms with E-state index in [9.17, 15) is 19.5 Å². The van der Waals surface area contributed by atoms with E-state index in [4.69, 9.17) is 32.7 Å². The minimum absolute atomic E-state index is 0.0502. The van der Waals surface area contributed by atoms with E-state index < -0.39 is 41.0 Å². The number of rotatable bonds is 11. The fraction of sp³-hybridized carbons (Fsp3) is 0.308. The Balaban J connectivity index is 1.58. The van der Waals surface area contributed by atoms with E-state index in [2.05, 4.69) is 10.6 Å². The van der Waals surface area contributed by atoms with Crippen molar-refractivity contribution < 1.29 is 29.0 Å². The van der Waals surface area contributed by atoms with Gasteiger partial charge >= 0.3 is 0 Å². The number of ether oxygens (including phenoxy) is 2. The SMILES string of the molecule is CCc1ccccc1NC(=O)C1C(=O)CC(C)(O)C(C(=O)Nc2ccccc2CC)C1c1ccc(OCc2c(Cl)cccc2Cl)c(OC)c1. The van der Waals surface area contributed by atoms with Gasteiger partial charge in [0.05, 0.1) is 18.6 Å². The maximum atomic E-state index is 14.3. The van der Waals surface area contributed by atoms with Gasteiger partial charge < -0.3 is 25.2 Å². The van der Waals surface area contributed by atoms with Crippen molar-refractivity contribution in [2.45, 2.75) is 58.2 Å². The summed E-state index contributed by atoms with van der Waals surface area (Å²) in [5.41, 5.74) is 2.24. The van der Waals surface area contributed by atoms with Gasteiger partial charge in [0.15, 0.2) is 11.5 Å². The molecule has 4 aromatic carbocycles. The smallest absolute Gasteiger partial charge is 0.235 e. The van der Waals surface area contributed by atoms with Gasteiger partial charge in [-0.2, -0.15) is 0 Å². The van der Waals surface area contributed by atoms with Crippen molar-refractivity contribution in [2.75, 3.05) is 17.7 Å². The highest BCUT2D eigenvalue weighted by atomic mass is 35.5. The Kier molecular flexibility index (Phi) is 11.3. The summed E-state index contributed by atoms with van der Waals surface area (Å²) in [6.07, 6.45) is 0.938. The molecule has 0 aromatic heterocycles. The lowest BCUT2D eigenvalue weighted by atomic mass is 9.61. The maximum absolute atomic E-state index is 14.3. The highest BCUT2D eigenvalue weighted by Gasteiger charge is 2.56. The van der Waals surface area contributed by atoms with Crippen LogP contribution in [0.1, 0.15) is 55.4 Å². The zero-order valence-electron chi connectivity index (χ0n) is 27.9. The molecule has 1 fully saturated rings. The minimum Gasteiger partial charge on any atom is -0.493 e. The summed E-state index contributed by atoms with van der Waals surface area (Å²) in [6, 6.07) is 24.9. The first-order valence-electron chi connectivity index (χ1n) is 16.2. The van der Waals surface area contributed by atoms with Gasteiger partial charge in [0, 0.05) is 39.3 Å². The highest BCUT2D eigenvalue weighted by Crippen LogP contribution is 2.48. The van der Waals surface area contributed by atoms with Crippen molar-refractivity contribution in [3.63, 3.8) is 0 Å². The number of methoxy groups -OCH3 is 1. The first kappa shape index (κ1) is 35.9. The molecule has 1 saturated carbocycles. The molecule has 0 heterocycles. The number of anilines is 2. The second-order valence-corrected chi connectivity index (χ2v) is 13.2. The number of carbonyl (C=O) groups excluding carboxylic acids is 3. The molecule has 0 aliphatic heterocycles. The van der Waals surface area contributed by atoms with Gasteiger partial charge in [-0.1, -0.05) is 85.6 Å². The standard InChI is InChI=1S/C39H40Cl2N2O6/c1-5-23-12-7-9-16-29(23)42-37(45)35-31(44)21-39(3,47)36(38(46)43-30-17-10-8-13-24(30)6-2)34(35)25-18-19-32(33(20-25)48-4)49-22-26-27(40)14-11-15-28(26)41/h7-20,34-36,47H,5-6,21-22H2,1-4H3,(H,42,45)(H,43,46). The number of carbonyl (C=O) groups is 3. The Morgan fingerprint density at radius 2 is 1.41 bits per heavy atom. The monoisotopic (exact) mass is 702 g/mol. The average molecular weight is 704 g/mol. The van der Waals surface area contributed by atoms with Crippen LogP contribution in [0.4, 0.5) is 11.4 Å². The summed E-state index contributed by atoms with van der Waals surface area (Å²) in [5.74, 6) is -4.48. The van der Waals surface area contributed by atoms with Gasteiger partial charge in [-0.3, -0.25) is 14.4 Å². The molecule has 256 valence electrons. The van der Waals surface area contributed by atoms with E-state index in [1.807, 2.05) is 44.2 Å². The molecule has 0 radical (unpaired) electrons. The normalized spacial score (nSPS) is 20.4. The first-order chi connectivity index (χ1) is 23.5. The number of nitrogens with one attached hydrogen (secondary N) is 2. The van der Waals surface area contributed by atoms with Crippen LogP contribution in [0.2, 0.25) is 10.0 Å². The van der Waals surface area contributed by atoms with Gasteiger partial charge in [0.2, 0.25) is 11.8 Å². The fourth-order valence-corrected chi connectivity index (χ4v) is 7.15. The van der Waals surface area contributed by atoms with Crippen LogP contribution in [0.25, 0.3) is 0 Å². The molecule has 8 nitrogen and oxygen atoms in total. The Morgan fingerprint density at radius 1 is 0.837 bits per heavy atom. The summed E-state index contributed by atoms with van der Waals surface area (Å²) >= 11 is 12.7. The Labute approximate surface area is 296 Å². The molecule has 4 aromatic rings.